The van der Waals surface area contributed by atoms with E-state index >= 15 is 0 Å². The molecule has 7 nitrogen and oxygen atoms in total. The Balaban J connectivity index is 2.14. The molecule has 0 bridgehead atoms. The van der Waals surface area contributed by atoms with Crippen LogP contribution in [0.4, 0.5) is 0 Å². The van der Waals surface area contributed by atoms with Crippen LogP contribution in [0.3, 0.4) is 0 Å². The molecule has 1 saturated heterocycles. The van der Waals surface area contributed by atoms with E-state index in [4.69, 9.17) is 0 Å². The van der Waals surface area contributed by atoms with E-state index in [9.17, 15) is 18.0 Å². The molecule has 146 valence electrons. The minimum atomic E-state index is -3.72. The first-order chi connectivity index (χ1) is 12.6. The van der Waals surface area contributed by atoms with Crippen molar-refractivity contribution < 1.29 is 17.9 Å². The number of esters is 1. The second-order valence-corrected chi connectivity index (χ2v) is 9.36. The summed E-state index contributed by atoms with van der Waals surface area (Å²) in [5.41, 5.74) is -0.110. The highest BCUT2D eigenvalue weighted by molar-refractivity contribution is 7.89. The first kappa shape index (κ1) is 19.6. The molecule has 0 amide bonds. The summed E-state index contributed by atoms with van der Waals surface area (Å²) in [5, 5.41) is 0.180. The highest BCUT2D eigenvalue weighted by atomic mass is 32.2. The van der Waals surface area contributed by atoms with E-state index < -0.39 is 21.4 Å². The number of methoxy groups -OCH3 is 1. The fraction of sp³-hybridized carbons (Fsp3) is 0.474. The summed E-state index contributed by atoms with van der Waals surface area (Å²) in [6.45, 7) is 5.00. The summed E-state index contributed by atoms with van der Waals surface area (Å²) in [4.78, 5) is 24.7. The van der Waals surface area contributed by atoms with Crippen LogP contribution in [0.15, 0.2) is 34.1 Å². The number of rotatable bonds is 3. The number of carbonyl (C=O) groups excluding carboxylic acids is 1. The number of hydrogen-bond donors (Lipinski definition) is 0. The van der Waals surface area contributed by atoms with E-state index in [0.29, 0.717) is 18.6 Å². The Kier molecular flexibility index (Phi) is 5.14. The normalized spacial score (nSPS) is 21.3. The molecule has 1 aliphatic rings. The lowest BCUT2D eigenvalue weighted by Gasteiger charge is -2.34. The molecule has 0 radical (unpaired) electrons. The largest absolute Gasteiger partial charge is 0.465 e. The van der Waals surface area contributed by atoms with Crippen molar-refractivity contribution in [3.8, 4) is 0 Å². The highest BCUT2D eigenvalue weighted by Crippen LogP contribution is 2.27. The quantitative estimate of drug-likeness (QED) is 0.746. The number of pyridine rings is 1. The Morgan fingerprint density at radius 1 is 1.19 bits per heavy atom. The molecule has 0 spiro atoms. The number of nitrogens with zero attached hydrogens (tertiary/aromatic N) is 2. The maximum atomic E-state index is 13.1. The smallest absolute Gasteiger partial charge is 0.343 e. The molecular weight excluding hydrogens is 368 g/mol. The number of piperidine rings is 1. The molecule has 27 heavy (non-hydrogen) atoms. The fourth-order valence-electron chi connectivity index (χ4n) is 3.84. The molecule has 1 aromatic carbocycles. The molecule has 0 aliphatic carbocycles. The molecule has 8 heteroatoms. The average molecular weight is 392 g/mol. The van der Waals surface area contributed by atoms with E-state index in [1.807, 2.05) is 13.8 Å². The second kappa shape index (κ2) is 7.09. The molecule has 2 aromatic rings. The third-order valence-electron chi connectivity index (χ3n) is 5.04. The Hall–Kier alpha value is -2.19. The van der Waals surface area contributed by atoms with Gasteiger partial charge in [-0.2, -0.15) is 4.31 Å². The molecular formula is C19H24N2O5S. The van der Waals surface area contributed by atoms with Gasteiger partial charge in [0.05, 0.1) is 17.5 Å². The van der Waals surface area contributed by atoms with Crippen molar-refractivity contribution in [2.45, 2.75) is 25.2 Å². The Labute approximate surface area is 158 Å². The van der Waals surface area contributed by atoms with Gasteiger partial charge in [0.25, 0.3) is 0 Å². The van der Waals surface area contributed by atoms with Gasteiger partial charge in [-0.25, -0.2) is 13.2 Å². The maximum Gasteiger partial charge on any atom is 0.343 e. The summed E-state index contributed by atoms with van der Waals surface area (Å²) in [5.74, 6) is -0.185. The molecule has 3 rings (SSSR count). The minimum absolute atomic E-state index is 0.0652. The summed E-state index contributed by atoms with van der Waals surface area (Å²) in [6.07, 6.45) is 2.39. The van der Waals surface area contributed by atoms with Gasteiger partial charge in [0.15, 0.2) is 0 Å². The molecule has 0 unspecified atom stereocenters. The maximum absolute atomic E-state index is 13.1. The topological polar surface area (TPSA) is 85.7 Å². The van der Waals surface area contributed by atoms with Crippen molar-refractivity contribution >= 4 is 26.9 Å². The number of ether oxygens (including phenoxy) is 1. The Morgan fingerprint density at radius 3 is 2.41 bits per heavy atom. The minimum Gasteiger partial charge on any atom is -0.465 e. The van der Waals surface area contributed by atoms with Crippen LogP contribution >= 0.6 is 0 Å². The van der Waals surface area contributed by atoms with Gasteiger partial charge in [-0.15, -0.1) is 0 Å². The van der Waals surface area contributed by atoms with Crippen LogP contribution in [0.5, 0.6) is 0 Å². The first-order valence-electron chi connectivity index (χ1n) is 8.87. The van der Waals surface area contributed by atoms with E-state index in [2.05, 4.69) is 4.74 Å². The number of aromatic nitrogens is 1. The number of benzene rings is 1. The van der Waals surface area contributed by atoms with Crippen LogP contribution in [-0.4, -0.2) is 43.5 Å². The number of aryl methyl sites for hydroxylation is 1. The monoisotopic (exact) mass is 392 g/mol. The van der Waals surface area contributed by atoms with Gasteiger partial charge in [0.1, 0.15) is 5.56 Å². The van der Waals surface area contributed by atoms with Gasteiger partial charge in [-0.1, -0.05) is 13.8 Å². The summed E-state index contributed by atoms with van der Waals surface area (Å²) in [6, 6.07) is 4.48. The van der Waals surface area contributed by atoms with Gasteiger partial charge in [0.2, 0.25) is 15.5 Å². The van der Waals surface area contributed by atoms with Gasteiger partial charge >= 0.3 is 5.97 Å². The lowest BCUT2D eigenvalue weighted by atomic mass is 9.94. The van der Waals surface area contributed by atoms with E-state index in [-0.39, 0.29) is 27.7 Å². The third-order valence-corrected chi connectivity index (χ3v) is 6.87. The summed E-state index contributed by atoms with van der Waals surface area (Å²) in [7, 11) is -0.828. The number of fused-ring (bicyclic) bond motifs is 1. The van der Waals surface area contributed by atoms with Crippen molar-refractivity contribution in [1.82, 2.24) is 8.87 Å². The highest BCUT2D eigenvalue weighted by Gasteiger charge is 2.32. The standard InChI is InChI=1S/C19H24N2O5S/c1-12-7-13(2)10-21(9-12)27(24,25)14-5-6-17-15(8-14)18(22)16(11-20(17)3)19(23)26-4/h5-6,8,11-13H,7,9-10H2,1-4H3/t12-,13-/m0/s1. The van der Waals surface area contributed by atoms with Crippen LogP contribution in [0.2, 0.25) is 0 Å². The lowest BCUT2D eigenvalue weighted by Crippen LogP contribution is -2.42. The Morgan fingerprint density at radius 2 is 1.81 bits per heavy atom. The molecule has 1 aromatic heterocycles. The van der Waals surface area contributed by atoms with Crippen molar-refractivity contribution in [2.75, 3.05) is 20.2 Å². The van der Waals surface area contributed by atoms with Crippen molar-refractivity contribution in [3.63, 3.8) is 0 Å². The van der Waals surface area contributed by atoms with Gasteiger partial charge < -0.3 is 9.30 Å². The third kappa shape index (κ3) is 3.51. The van der Waals surface area contributed by atoms with Crippen LogP contribution in [0, 0.1) is 11.8 Å². The molecule has 1 fully saturated rings. The zero-order valence-corrected chi connectivity index (χ0v) is 16.7. The fourth-order valence-corrected chi connectivity index (χ4v) is 5.54. The van der Waals surface area contributed by atoms with Crippen molar-refractivity contribution in [3.05, 3.63) is 40.2 Å². The summed E-state index contributed by atoms with van der Waals surface area (Å²) < 4.78 is 34.0. The second-order valence-electron chi connectivity index (χ2n) is 7.42. The van der Waals surface area contributed by atoms with Crippen LogP contribution in [-0.2, 0) is 21.8 Å². The number of hydrogen-bond acceptors (Lipinski definition) is 5. The molecule has 2 atom stereocenters. The van der Waals surface area contributed by atoms with Crippen molar-refractivity contribution in [2.24, 2.45) is 18.9 Å². The van der Waals surface area contributed by atoms with Gasteiger partial charge in [0, 0.05) is 31.7 Å². The molecule has 1 aliphatic heterocycles. The predicted octanol–water partition coefficient (Wildman–Crippen LogP) is 1.99. The van der Waals surface area contributed by atoms with Crippen LogP contribution < -0.4 is 5.43 Å². The van der Waals surface area contributed by atoms with E-state index in [1.165, 1.54) is 29.7 Å². The number of carbonyl (C=O) groups is 1. The predicted molar refractivity (Wildman–Crippen MR) is 102 cm³/mol. The Bertz CT molecular complexity index is 1050. The average Bonchev–Trinajstić information content (AvgIpc) is 2.62. The van der Waals surface area contributed by atoms with E-state index in [1.54, 1.807) is 17.7 Å². The lowest BCUT2D eigenvalue weighted by molar-refractivity contribution is 0.0598. The molecule has 0 saturated carbocycles. The van der Waals surface area contributed by atoms with Crippen LogP contribution in [0.1, 0.15) is 30.6 Å². The summed E-state index contributed by atoms with van der Waals surface area (Å²) >= 11 is 0. The van der Waals surface area contributed by atoms with E-state index in [0.717, 1.165) is 6.42 Å². The zero-order valence-electron chi connectivity index (χ0n) is 15.9. The first-order valence-corrected chi connectivity index (χ1v) is 10.3. The van der Waals surface area contributed by atoms with Gasteiger partial charge in [-0.3, -0.25) is 4.79 Å². The molecule has 2 heterocycles. The van der Waals surface area contributed by atoms with Crippen molar-refractivity contribution in [1.29, 1.82) is 0 Å². The SMILES string of the molecule is COC(=O)c1cn(C)c2ccc(S(=O)(=O)N3C[C@@H](C)C[C@H](C)C3)cc2c1=O. The molecule has 0 N–H and O–H groups in total. The number of sulfonamides is 1. The van der Waals surface area contributed by atoms with Crippen LogP contribution in [0.25, 0.3) is 10.9 Å². The zero-order chi connectivity index (χ0) is 19.9. The van der Waals surface area contributed by atoms with Gasteiger partial charge in [-0.05, 0) is 36.5 Å².